The molecule has 2 fully saturated rings. The first kappa shape index (κ1) is 13.4. The Labute approximate surface area is 108 Å². The van der Waals surface area contributed by atoms with Crippen LogP contribution in [0.1, 0.15) is 65.7 Å². The van der Waals surface area contributed by atoms with Gasteiger partial charge >= 0.3 is 0 Å². The van der Waals surface area contributed by atoms with Crippen molar-refractivity contribution < 1.29 is 0 Å². The number of hydrogen-bond donors (Lipinski definition) is 1. The second kappa shape index (κ2) is 6.22. The maximum absolute atomic E-state index is 3.68. The molecule has 2 aliphatic rings. The second-order valence-electron chi connectivity index (χ2n) is 6.86. The molecule has 0 aromatic heterocycles. The fourth-order valence-electron chi connectivity index (χ4n) is 4.52. The molecule has 1 N–H and O–H groups in total. The first-order chi connectivity index (χ1) is 8.19. The Morgan fingerprint density at radius 3 is 2.24 bits per heavy atom. The van der Waals surface area contributed by atoms with Crippen LogP contribution in [0.15, 0.2) is 0 Å². The van der Waals surface area contributed by atoms with Crippen molar-refractivity contribution in [3.63, 3.8) is 0 Å². The predicted octanol–water partition coefficient (Wildman–Crippen LogP) is 4.23. The Balaban J connectivity index is 1.87. The van der Waals surface area contributed by atoms with Crippen molar-refractivity contribution in [2.75, 3.05) is 6.54 Å². The van der Waals surface area contributed by atoms with Gasteiger partial charge in [0, 0.05) is 6.04 Å². The van der Waals surface area contributed by atoms with Crippen molar-refractivity contribution in [3.8, 4) is 0 Å². The zero-order valence-corrected chi connectivity index (χ0v) is 12.0. The summed E-state index contributed by atoms with van der Waals surface area (Å²) in [6, 6.07) is 0.825. The molecule has 0 bridgehead atoms. The number of hydrogen-bond acceptors (Lipinski definition) is 1. The van der Waals surface area contributed by atoms with E-state index in [1.165, 1.54) is 44.9 Å². The van der Waals surface area contributed by atoms with Crippen molar-refractivity contribution in [1.29, 1.82) is 0 Å². The van der Waals surface area contributed by atoms with Gasteiger partial charge in [0.2, 0.25) is 0 Å². The van der Waals surface area contributed by atoms with Crippen LogP contribution in [0.25, 0.3) is 0 Å². The lowest BCUT2D eigenvalue weighted by atomic mass is 9.67. The van der Waals surface area contributed by atoms with E-state index >= 15 is 0 Å². The topological polar surface area (TPSA) is 12.0 Å². The number of nitrogens with one attached hydrogen (secondary N) is 1. The molecule has 0 saturated heterocycles. The van der Waals surface area contributed by atoms with Gasteiger partial charge in [0.25, 0.3) is 0 Å². The zero-order chi connectivity index (χ0) is 12.3. The molecule has 1 heteroatoms. The Morgan fingerprint density at radius 2 is 1.59 bits per heavy atom. The van der Waals surface area contributed by atoms with Crippen LogP contribution in [0.4, 0.5) is 0 Å². The first-order valence-electron chi connectivity index (χ1n) is 7.92. The molecule has 4 unspecified atom stereocenters. The van der Waals surface area contributed by atoms with E-state index < -0.39 is 0 Å². The molecule has 2 aliphatic carbocycles. The third-order valence-electron chi connectivity index (χ3n) is 5.09. The fourth-order valence-corrected chi connectivity index (χ4v) is 4.52. The molecule has 0 amide bonds. The van der Waals surface area contributed by atoms with Crippen molar-refractivity contribution >= 4 is 0 Å². The highest BCUT2D eigenvalue weighted by molar-refractivity contribution is 4.85. The van der Waals surface area contributed by atoms with Crippen LogP contribution >= 0.6 is 0 Å². The summed E-state index contributed by atoms with van der Waals surface area (Å²) >= 11 is 0. The van der Waals surface area contributed by atoms with Gasteiger partial charge in [-0.15, -0.1) is 0 Å². The SMILES string of the molecule is CCNC1CCCC(C2CC(C)CC(C)C2)C1. The molecular formula is C16H31N. The Bertz CT molecular complexity index is 214. The predicted molar refractivity (Wildman–Crippen MR) is 75.1 cm³/mol. The normalized spacial score (nSPS) is 43.6. The standard InChI is InChI=1S/C16H31N/c1-4-17-16-7-5-6-14(11-16)15-9-12(2)8-13(3)10-15/h12-17H,4-11H2,1-3H3. The minimum Gasteiger partial charge on any atom is -0.314 e. The van der Waals surface area contributed by atoms with E-state index in [9.17, 15) is 0 Å². The lowest BCUT2D eigenvalue weighted by Crippen LogP contribution is -2.37. The average Bonchev–Trinajstić information content (AvgIpc) is 2.28. The summed E-state index contributed by atoms with van der Waals surface area (Å²) in [5, 5.41) is 3.68. The largest absolute Gasteiger partial charge is 0.314 e. The molecule has 0 spiro atoms. The Hall–Kier alpha value is -0.0400. The van der Waals surface area contributed by atoms with Crippen LogP contribution in [0.2, 0.25) is 0 Å². The summed E-state index contributed by atoms with van der Waals surface area (Å²) in [7, 11) is 0. The van der Waals surface area contributed by atoms with E-state index in [-0.39, 0.29) is 0 Å². The third-order valence-corrected chi connectivity index (χ3v) is 5.09. The van der Waals surface area contributed by atoms with Gasteiger partial charge in [0.1, 0.15) is 0 Å². The van der Waals surface area contributed by atoms with Gasteiger partial charge in [-0.1, -0.05) is 33.6 Å². The summed E-state index contributed by atoms with van der Waals surface area (Å²) in [4.78, 5) is 0. The van der Waals surface area contributed by atoms with Gasteiger partial charge in [-0.25, -0.2) is 0 Å². The van der Waals surface area contributed by atoms with E-state index in [4.69, 9.17) is 0 Å². The zero-order valence-electron chi connectivity index (χ0n) is 12.0. The molecule has 100 valence electrons. The maximum atomic E-state index is 3.68. The first-order valence-corrected chi connectivity index (χ1v) is 7.92. The Kier molecular flexibility index (Phi) is 4.90. The van der Waals surface area contributed by atoms with Gasteiger partial charge in [0.15, 0.2) is 0 Å². The van der Waals surface area contributed by atoms with Crippen molar-refractivity contribution in [3.05, 3.63) is 0 Å². The highest BCUT2D eigenvalue weighted by Crippen LogP contribution is 2.42. The van der Waals surface area contributed by atoms with Gasteiger partial charge in [-0.05, 0) is 62.3 Å². The molecule has 0 radical (unpaired) electrons. The van der Waals surface area contributed by atoms with Gasteiger partial charge in [-0.2, -0.15) is 0 Å². The van der Waals surface area contributed by atoms with Crippen LogP contribution < -0.4 is 5.32 Å². The quantitative estimate of drug-likeness (QED) is 0.774. The van der Waals surface area contributed by atoms with Crippen LogP contribution in [0, 0.1) is 23.7 Å². The van der Waals surface area contributed by atoms with E-state index in [0.717, 1.165) is 36.3 Å². The van der Waals surface area contributed by atoms with Crippen molar-refractivity contribution in [2.24, 2.45) is 23.7 Å². The van der Waals surface area contributed by atoms with Crippen LogP contribution in [0.3, 0.4) is 0 Å². The van der Waals surface area contributed by atoms with E-state index in [1.54, 1.807) is 0 Å². The lowest BCUT2D eigenvalue weighted by molar-refractivity contribution is 0.121. The molecule has 0 heterocycles. The van der Waals surface area contributed by atoms with E-state index in [0.29, 0.717) is 0 Å². The average molecular weight is 237 g/mol. The van der Waals surface area contributed by atoms with Crippen LogP contribution in [0.5, 0.6) is 0 Å². The minimum absolute atomic E-state index is 0.825. The van der Waals surface area contributed by atoms with Crippen LogP contribution in [-0.4, -0.2) is 12.6 Å². The molecule has 17 heavy (non-hydrogen) atoms. The van der Waals surface area contributed by atoms with Crippen molar-refractivity contribution in [2.45, 2.75) is 71.8 Å². The highest BCUT2D eigenvalue weighted by Gasteiger charge is 2.32. The molecule has 2 rings (SSSR count). The van der Waals surface area contributed by atoms with Gasteiger partial charge < -0.3 is 5.32 Å². The second-order valence-corrected chi connectivity index (χ2v) is 6.86. The summed E-state index contributed by atoms with van der Waals surface area (Å²) in [6.45, 7) is 8.32. The summed E-state index contributed by atoms with van der Waals surface area (Å²) in [5.41, 5.74) is 0. The van der Waals surface area contributed by atoms with Gasteiger partial charge in [-0.3, -0.25) is 0 Å². The monoisotopic (exact) mass is 237 g/mol. The van der Waals surface area contributed by atoms with E-state index in [2.05, 4.69) is 26.1 Å². The fraction of sp³-hybridized carbons (Fsp3) is 1.00. The van der Waals surface area contributed by atoms with E-state index in [1.807, 2.05) is 0 Å². The maximum Gasteiger partial charge on any atom is 0.00696 e. The molecule has 2 saturated carbocycles. The highest BCUT2D eigenvalue weighted by atomic mass is 14.9. The molecule has 0 aliphatic heterocycles. The summed E-state index contributed by atoms with van der Waals surface area (Å²) in [5.74, 6) is 4.01. The lowest BCUT2D eigenvalue weighted by Gasteiger charge is -2.40. The van der Waals surface area contributed by atoms with Crippen LogP contribution in [-0.2, 0) is 0 Å². The Morgan fingerprint density at radius 1 is 0.882 bits per heavy atom. The third kappa shape index (κ3) is 3.71. The smallest absolute Gasteiger partial charge is 0.00696 e. The molecule has 4 atom stereocenters. The minimum atomic E-state index is 0.825. The van der Waals surface area contributed by atoms with Crippen molar-refractivity contribution in [1.82, 2.24) is 5.32 Å². The number of rotatable bonds is 3. The summed E-state index contributed by atoms with van der Waals surface area (Å²) < 4.78 is 0. The van der Waals surface area contributed by atoms with Gasteiger partial charge in [0.05, 0.1) is 0 Å². The molecule has 0 aromatic carbocycles. The molecule has 0 aromatic rings. The molecular weight excluding hydrogens is 206 g/mol. The molecule has 1 nitrogen and oxygen atoms in total. The summed E-state index contributed by atoms with van der Waals surface area (Å²) in [6.07, 6.45) is 10.3.